The van der Waals surface area contributed by atoms with Gasteiger partial charge in [0.15, 0.2) is 5.72 Å². The van der Waals surface area contributed by atoms with Crippen molar-refractivity contribution < 1.29 is 14.3 Å². The van der Waals surface area contributed by atoms with Crippen molar-refractivity contribution in [1.29, 1.82) is 0 Å². The molecule has 0 rings (SSSR count). The number of hydrogen-bond acceptors (Lipinski definition) is 4. The summed E-state index contributed by atoms with van der Waals surface area (Å²) < 4.78 is 5.33. The zero-order valence-corrected chi connectivity index (χ0v) is 12.0. The van der Waals surface area contributed by atoms with Crippen molar-refractivity contribution in [3.63, 3.8) is 0 Å². The number of carbonyl (C=O) groups is 2. The van der Waals surface area contributed by atoms with Gasteiger partial charge in [-0.15, -0.1) is 0 Å². The van der Waals surface area contributed by atoms with E-state index in [1.807, 2.05) is 0 Å². The standard InChI is InChI=1S/C13H22N2O3/c1-9(2)12(17)18-13(4,15(7)8)10(3)11(16)14(5)6/h1,3H2,2,4-8H3. The maximum absolute atomic E-state index is 11.9. The lowest BCUT2D eigenvalue weighted by Gasteiger charge is -2.37. The van der Waals surface area contributed by atoms with Crippen LogP contribution in [0.2, 0.25) is 0 Å². The molecule has 0 saturated heterocycles. The average molecular weight is 254 g/mol. The molecule has 1 atom stereocenters. The first kappa shape index (κ1) is 16.4. The third-order valence-electron chi connectivity index (χ3n) is 2.72. The summed E-state index contributed by atoms with van der Waals surface area (Å²) in [7, 11) is 6.65. The van der Waals surface area contributed by atoms with Crippen molar-refractivity contribution in [2.24, 2.45) is 0 Å². The molecular formula is C13H22N2O3. The molecule has 0 aromatic heterocycles. The normalized spacial score (nSPS) is 13.7. The lowest BCUT2D eigenvalue weighted by molar-refractivity contribution is -0.165. The zero-order chi connectivity index (χ0) is 14.7. The van der Waals surface area contributed by atoms with Crippen molar-refractivity contribution in [1.82, 2.24) is 9.80 Å². The van der Waals surface area contributed by atoms with Crippen molar-refractivity contribution in [2.45, 2.75) is 19.6 Å². The van der Waals surface area contributed by atoms with Crippen LogP contribution in [0.4, 0.5) is 0 Å². The Bertz CT molecular complexity index is 386. The van der Waals surface area contributed by atoms with Gasteiger partial charge in [0.2, 0.25) is 0 Å². The summed E-state index contributed by atoms with van der Waals surface area (Å²) >= 11 is 0. The van der Waals surface area contributed by atoms with Gasteiger partial charge in [0.1, 0.15) is 0 Å². The van der Waals surface area contributed by atoms with E-state index in [0.717, 1.165) is 0 Å². The highest BCUT2D eigenvalue weighted by molar-refractivity contribution is 5.95. The van der Waals surface area contributed by atoms with Gasteiger partial charge < -0.3 is 9.64 Å². The molecule has 0 fully saturated rings. The smallest absolute Gasteiger partial charge is 0.335 e. The summed E-state index contributed by atoms with van der Waals surface area (Å²) in [6.45, 7) is 10.4. The van der Waals surface area contributed by atoms with Gasteiger partial charge in [0, 0.05) is 19.7 Å². The molecular weight excluding hydrogens is 232 g/mol. The Morgan fingerprint density at radius 2 is 1.56 bits per heavy atom. The minimum Gasteiger partial charge on any atom is -0.436 e. The highest BCUT2D eigenvalue weighted by Gasteiger charge is 2.39. The van der Waals surface area contributed by atoms with Crippen LogP contribution in [0.15, 0.2) is 24.3 Å². The molecule has 5 nitrogen and oxygen atoms in total. The van der Waals surface area contributed by atoms with E-state index in [1.54, 1.807) is 46.9 Å². The number of ether oxygens (including phenoxy) is 1. The summed E-state index contributed by atoms with van der Waals surface area (Å²) in [5.74, 6) is -0.848. The number of carbonyl (C=O) groups excluding carboxylic acids is 2. The van der Waals surface area contributed by atoms with Crippen molar-refractivity contribution in [3.05, 3.63) is 24.3 Å². The van der Waals surface area contributed by atoms with Gasteiger partial charge in [-0.3, -0.25) is 9.69 Å². The number of rotatable bonds is 5. The number of amides is 1. The van der Waals surface area contributed by atoms with Gasteiger partial charge in [-0.05, 0) is 27.9 Å². The van der Waals surface area contributed by atoms with Crippen molar-refractivity contribution in [2.75, 3.05) is 28.2 Å². The van der Waals surface area contributed by atoms with Gasteiger partial charge in [-0.1, -0.05) is 13.2 Å². The largest absolute Gasteiger partial charge is 0.436 e. The molecule has 0 heterocycles. The van der Waals surface area contributed by atoms with Crippen LogP contribution in [0.1, 0.15) is 13.8 Å². The quantitative estimate of drug-likeness (QED) is 0.418. The Hall–Kier alpha value is -1.62. The van der Waals surface area contributed by atoms with Gasteiger partial charge in [-0.2, -0.15) is 0 Å². The van der Waals surface area contributed by atoms with Crippen LogP contribution in [0.5, 0.6) is 0 Å². The number of nitrogens with zero attached hydrogens (tertiary/aromatic N) is 2. The average Bonchev–Trinajstić information content (AvgIpc) is 2.25. The molecule has 0 aromatic rings. The van der Waals surface area contributed by atoms with Crippen LogP contribution >= 0.6 is 0 Å². The van der Waals surface area contributed by atoms with Crippen LogP contribution in [-0.2, 0) is 14.3 Å². The maximum Gasteiger partial charge on any atom is 0.335 e. The zero-order valence-electron chi connectivity index (χ0n) is 12.0. The van der Waals surface area contributed by atoms with Gasteiger partial charge in [0.25, 0.3) is 5.91 Å². The van der Waals surface area contributed by atoms with Gasteiger partial charge in [0.05, 0.1) is 5.57 Å². The van der Waals surface area contributed by atoms with E-state index in [4.69, 9.17) is 4.74 Å². The van der Waals surface area contributed by atoms with E-state index >= 15 is 0 Å². The van der Waals surface area contributed by atoms with Crippen molar-refractivity contribution >= 4 is 11.9 Å². The molecule has 0 spiro atoms. The molecule has 0 N–H and O–H groups in total. The molecule has 0 aliphatic rings. The second-order valence-corrected chi connectivity index (χ2v) is 4.73. The summed E-state index contributed by atoms with van der Waals surface area (Å²) in [5.41, 5.74) is -0.738. The Labute approximate surface area is 109 Å². The molecule has 0 bridgehead atoms. The third kappa shape index (κ3) is 3.43. The first-order valence-electron chi connectivity index (χ1n) is 5.51. The predicted octanol–water partition coefficient (Wildman–Crippen LogP) is 1.03. The van der Waals surface area contributed by atoms with Crippen LogP contribution in [0, 0.1) is 0 Å². The summed E-state index contributed by atoms with van der Waals surface area (Å²) in [6.07, 6.45) is 0. The third-order valence-corrected chi connectivity index (χ3v) is 2.72. The molecule has 102 valence electrons. The van der Waals surface area contributed by atoms with E-state index in [1.165, 1.54) is 4.90 Å². The van der Waals surface area contributed by atoms with E-state index in [-0.39, 0.29) is 17.1 Å². The van der Waals surface area contributed by atoms with Crippen LogP contribution in [-0.4, -0.2) is 55.6 Å². The molecule has 0 saturated carbocycles. The lowest BCUT2D eigenvalue weighted by Crippen LogP contribution is -2.50. The van der Waals surface area contributed by atoms with Crippen molar-refractivity contribution in [3.8, 4) is 0 Å². The fourth-order valence-corrected chi connectivity index (χ4v) is 1.16. The lowest BCUT2D eigenvalue weighted by atomic mass is 10.0. The molecule has 1 unspecified atom stereocenters. The van der Waals surface area contributed by atoms with E-state index in [0.29, 0.717) is 0 Å². The molecule has 0 aromatic carbocycles. The highest BCUT2D eigenvalue weighted by Crippen LogP contribution is 2.25. The number of esters is 1. The van der Waals surface area contributed by atoms with Crippen LogP contribution in [0.25, 0.3) is 0 Å². The minimum atomic E-state index is -1.20. The first-order chi connectivity index (χ1) is 8.04. The van der Waals surface area contributed by atoms with E-state index in [9.17, 15) is 9.59 Å². The second kappa shape index (κ2) is 5.82. The highest BCUT2D eigenvalue weighted by atomic mass is 16.6. The molecule has 0 aliphatic carbocycles. The van der Waals surface area contributed by atoms with Crippen LogP contribution < -0.4 is 0 Å². The summed E-state index contributed by atoms with van der Waals surface area (Å²) in [5, 5.41) is 0. The van der Waals surface area contributed by atoms with Gasteiger partial charge in [-0.25, -0.2) is 4.79 Å². The fourth-order valence-electron chi connectivity index (χ4n) is 1.16. The first-order valence-corrected chi connectivity index (χ1v) is 5.51. The maximum atomic E-state index is 11.9. The van der Waals surface area contributed by atoms with Gasteiger partial charge >= 0.3 is 5.97 Å². The fraction of sp³-hybridized carbons (Fsp3) is 0.538. The minimum absolute atomic E-state index is 0.187. The molecule has 0 aliphatic heterocycles. The molecule has 1 amide bonds. The topological polar surface area (TPSA) is 49.9 Å². The number of hydrogen-bond donors (Lipinski definition) is 0. The SMILES string of the molecule is C=C(C)C(=O)OC(C)(C(=C)C(=O)N(C)C)N(C)C. The molecule has 18 heavy (non-hydrogen) atoms. The predicted molar refractivity (Wildman–Crippen MR) is 70.8 cm³/mol. The number of likely N-dealkylation sites (N-methyl/N-ethyl adjacent to an activating group) is 2. The van der Waals surface area contributed by atoms with E-state index < -0.39 is 11.7 Å². The second-order valence-electron chi connectivity index (χ2n) is 4.73. The Morgan fingerprint density at radius 1 is 1.11 bits per heavy atom. The molecule has 5 heteroatoms. The van der Waals surface area contributed by atoms with Crippen LogP contribution in [0.3, 0.4) is 0 Å². The Kier molecular flexibility index (Phi) is 5.29. The summed E-state index contributed by atoms with van der Waals surface area (Å²) in [6, 6.07) is 0. The monoisotopic (exact) mass is 254 g/mol. The Morgan fingerprint density at radius 3 is 1.83 bits per heavy atom. The Balaban J connectivity index is 5.28. The summed E-state index contributed by atoms with van der Waals surface area (Å²) in [4.78, 5) is 26.6. The molecule has 0 radical (unpaired) electrons. The van der Waals surface area contributed by atoms with E-state index in [2.05, 4.69) is 13.2 Å².